The zero-order chi connectivity index (χ0) is 21.0. The molecule has 29 heavy (non-hydrogen) atoms. The maximum atomic E-state index is 14.0. The fraction of sp³-hybridized carbons (Fsp3) is 0.286. The number of benzene rings is 1. The number of sulfonamides is 1. The van der Waals surface area contributed by atoms with E-state index in [-0.39, 0.29) is 16.6 Å². The lowest BCUT2D eigenvalue weighted by Crippen LogP contribution is -2.29. The number of hydrogen-bond donors (Lipinski definition) is 0. The van der Waals surface area contributed by atoms with Crippen molar-refractivity contribution in [1.82, 2.24) is 15.0 Å². The van der Waals surface area contributed by atoms with Crippen LogP contribution in [-0.2, 0) is 16.4 Å². The molecule has 0 radical (unpaired) electrons. The molecule has 3 rings (SSSR count). The van der Waals surface area contributed by atoms with Gasteiger partial charge in [-0.25, -0.2) is 22.7 Å². The molecule has 1 aromatic carbocycles. The number of pyridine rings is 1. The van der Waals surface area contributed by atoms with Crippen molar-refractivity contribution in [3.8, 4) is 5.88 Å². The lowest BCUT2D eigenvalue weighted by Gasteiger charge is -2.26. The molecule has 0 saturated carbocycles. The second-order valence-corrected chi connectivity index (χ2v) is 8.33. The number of aromatic nitrogens is 3. The first-order chi connectivity index (χ1) is 13.9. The summed E-state index contributed by atoms with van der Waals surface area (Å²) in [5.41, 5.74) is 2.23. The van der Waals surface area contributed by atoms with Gasteiger partial charge in [-0.1, -0.05) is 31.5 Å². The first-order valence-electron chi connectivity index (χ1n) is 9.32. The van der Waals surface area contributed by atoms with Crippen LogP contribution >= 0.6 is 0 Å². The molecule has 3 aromatic rings. The van der Waals surface area contributed by atoms with E-state index in [9.17, 15) is 8.42 Å². The fourth-order valence-corrected chi connectivity index (χ4v) is 4.98. The number of ether oxygens (including phenoxy) is 1. The minimum atomic E-state index is -4.05. The van der Waals surface area contributed by atoms with Gasteiger partial charge in [-0.15, -0.1) is 0 Å². The number of methoxy groups -OCH3 is 1. The Balaban J connectivity index is 2.32. The second-order valence-electron chi connectivity index (χ2n) is 6.60. The highest BCUT2D eigenvalue weighted by molar-refractivity contribution is 7.93. The molecular formula is C21H24N4O3S. The zero-order valence-corrected chi connectivity index (χ0v) is 17.8. The van der Waals surface area contributed by atoms with E-state index < -0.39 is 10.0 Å². The minimum absolute atomic E-state index is 0.106. The first kappa shape index (κ1) is 20.7. The van der Waals surface area contributed by atoms with Crippen LogP contribution in [0.2, 0.25) is 0 Å². The number of rotatable bonds is 7. The van der Waals surface area contributed by atoms with Gasteiger partial charge in [0.05, 0.1) is 30.4 Å². The van der Waals surface area contributed by atoms with Crippen molar-refractivity contribution in [2.45, 2.75) is 38.5 Å². The van der Waals surface area contributed by atoms with E-state index in [0.717, 1.165) is 6.42 Å². The summed E-state index contributed by atoms with van der Waals surface area (Å²) in [4.78, 5) is 13.2. The van der Waals surface area contributed by atoms with Crippen molar-refractivity contribution < 1.29 is 13.2 Å². The molecule has 0 bridgehead atoms. The van der Waals surface area contributed by atoms with E-state index in [0.29, 0.717) is 29.1 Å². The Morgan fingerprint density at radius 3 is 2.45 bits per heavy atom. The van der Waals surface area contributed by atoms with Gasteiger partial charge in [-0.2, -0.15) is 0 Å². The van der Waals surface area contributed by atoms with Crippen molar-refractivity contribution in [2.24, 2.45) is 0 Å². The first-order valence-corrected chi connectivity index (χ1v) is 10.8. The molecule has 152 valence electrons. The molecule has 0 N–H and O–H groups in total. The van der Waals surface area contributed by atoms with Crippen LogP contribution in [0.25, 0.3) is 0 Å². The van der Waals surface area contributed by atoms with Crippen LogP contribution in [0.3, 0.4) is 0 Å². The van der Waals surface area contributed by atoms with E-state index in [1.165, 1.54) is 17.6 Å². The monoisotopic (exact) mass is 412 g/mol. The second kappa shape index (κ2) is 8.57. The minimum Gasteiger partial charge on any atom is -0.478 e. The predicted octanol–water partition coefficient (Wildman–Crippen LogP) is 3.98. The number of anilines is 2. The summed E-state index contributed by atoms with van der Waals surface area (Å²) in [6.45, 7) is 5.53. The van der Waals surface area contributed by atoms with Crippen LogP contribution in [0.5, 0.6) is 5.88 Å². The summed E-state index contributed by atoms with van der Waals surface area (Å²) in [5.74, 6) is 0.242. The maximum Gasteiger partial charge on any atom is 0.272 e. The summed E-state index contributed by atoms with van der Waals surface area (Å²) in [6.07, 6.45) is 4.48. The number of hydrogen-bond acceptors (Lipinski definition) is 6. The summed E-state index contributed by atoms with van der Waals surface area (Å²) in [6, 6.07) is 10.5. The molecule has 0 fully saturated rings. The number of nitrogens with zero attached hydrogens (tertiary/aromatic N) is 4. The molecule has 0 aliphatic rings. The maximum absolute atomic E-state index is 14.0. The van der Waals surface area contributed by atoms with Crippen molar-refractivity contribution in [2.75, 3.05) is 11.4 Å². The summed E-state index contributed by atoms with van der Waals surface area (Å²) in [7, 11) is -2.60. The van der Waals surface area contributed by atoms with E-state index in [1.807, 2.05) is 13.0 Å². The van der Waals surface area contributed by atoms with Crippen LogP contribution in [0, 0.1) is 13.8 Å². The molecule has 0 atom stereocenters. The van der Waals surface area contributed by atoms with E-state index in [1.54, 1.807) is 50.4 Å². The topological polar surface area (TPSA) is 85.3 Å². The number of aryl methyl sites for hydroxylation is 3. The molecule has 2 heterocycles. The molecule has 0 amide bonds. The Hall–Kier alpha value is -3.00. The standard InChI is InChI=1S/C21H24N4O3S/c1-5-9-18-19(15(2)12-13-22-18)29(26,27)25(17-10-7-6-8-11-17)20-21(28-4)24-16(3)14-23-20/h6-8,10-14H,5,9H2,1-4H3. The Bertz CT molecular complexity index is 1100. The fourth-order valence-electron chi connectivity index (χ4n) is 3.12. The zero-order valence-electron chi connectivity index (χ0n) is 17.0. The third kappa shape index (κ3) is 4.07. The van der Waals surface area contributed by atoms with Crippen LogP contribution in [0.1, 0.15) is 30.3 Å². The Morgan fingerprint density at radius 2 is 1.79 bits per heavy atom. The SMILES string of the molecule is CCCc1nccc(C)c1S(=O)(=O)N(c1ccccc1)c1ncc(C)nc1OC. The molecule has 0 aliphatic carbocycles. The van der Waals surface area contributed by atoms with E-state index in [2.05, 4.69) is 15.0 Å². The molecule has 0 spiro atoms. The Labute approximate surface area is 171 Å². The molecule has 0 saturated heterocycles. The van der Waals surface area contributed by atoms with Gasteiger partial charge in [0.25, 0.3) is 15.9 Å². The largest absolute Gasteiger partial charge is 0.478 e. The molecule has 7 nitrogen and oxygen atoms in total. The van der Waals surface area contributed by atoms with Crippen LogP contribution in [0.15, 0.2) is 53.7 Å². The van der Waals surface area contributed by atoms with Gasteiger partial charge in [0.2, 0.25) is 5.82 Å². The van der Waals surface area contributed by atoms with Gasteiger partial charge in [0.15, 0.2) is 0 Å². The third-order valence-electron chi connectivity index (χ3n) is 4.38. The average molecular weight is 413 g/mol. The quantitative estimate of drug-likeness (QED) is 0.584. The molecule has 2 aromatic heterocycles. The number of para-hydroxylation sites is 1. The van der Waals surface area contributed by atoms with Crippen LogP contribution in [-0.4, -0.2) is 30.5 Å². The third-order valence-corrected chi connectivity index (χ3v) is 6.32. The van der Waals surface area contributed by atoms with E-state index >= 15 is 0 Å². The predicted molar refractivity (Wildman–Crippen MR) is 112 cm³/mol. The summed E-state index contributed by atoms with van der Waals surface area (Å²) < 4.78 is 34.5. The lowest BCUT2D eigenvalue weighted by atomic mass is 10.2. The Kier molecular flexibility index (Phi) is 6.12. The van der Waals surface area contributed by atoms with Gasteiger partial charge in [-0.05, 0) is 44.0 Å². The molecule has 0 aliphatic heterocycles. The highest BCUT2D eigenvalue weighted by atomic mass is 32.2. The van der Waals surface area contributed by atoms with Gasteiger partial charge in [0, 0.05) is 6.20 Å². The summed E-state index contributed by atoms with van der Waals surface area (Å²) in [5, 5.41) is 0. The molecule has 0 unspecified atom stereocenters. The van der Waals surface area contributed by atoms with Crippen molar-refractivity contribution in [3.63, 3.8) is 0 Å². The molecule has 8 heteroatoms. The lowest BCUT2D eigenvalue weighted by molar-refractivity contribution is 0.396. The van der Waals surface area contributed by atoms with Gasteiger partial charge >= 0.3 is 0 Å². The van der Waals surface area contributed by atoms with Crippen molar-refractivity contribution in [3.05, 3.63) is 65.7 Å². The van der Waals surface area contributed by atoms with Crippen LogP contribution in [0.4, 0.5) is 11.5 Å². The van der Waals surface area contributed by atoms with E-state index in [4.69, 9.17) is 4.74 Å². The highest BCUT2D eigenvalue weighted by Crippen LogP contribution is 2.37. The highest BCUT2D eigenvalue weighted by Gasteiger charge is 2.34. The Morgan fingerprint density at radius 1 is 1.07 bits per heavy atom. The van der Waals surface area contributed by atoms with Crippen molar-refractivity contribution >= 4 is 21.5 Å². The van der Waals surface area contributed by atoms with Crippen LogP contribution < -0.4 is 9.04 Å². The smallest absolute Gasteiger partial charge is 0.272 e. The van der Waals surface area contributed by atoms with Gasteiger partial charge < -0.3 is 4.74 Å². The summed E-state index contributed by atoms with van der Waals surface area (Å²) >= 11 is 0. The van der Waals surface area contributed by atoms with Gasteiger partial charge in [-0.3, -0.25) is 4.98 Å². The molecular weight excluding hydrogens is 388 g/mol. The average Bonchev–Trinajstić information content (AvgIpc) is 2.70. The van der Waals surface area contributed by atoms with Gasteiger partial charge in [0.1, 0.15) is 4.90 Å². The van der Waals surface area contributed by atoms with Crippen molar-refractivity contribution in [1.29, 1.82) is 0 Å². The normalized spacial score (nSPS) is 11.3.